The van der Waals surface area contributed by atoms with E-state index in [-0.39, 0.29) is 5.91 Å². The molecule has 1 aromatic carbocycles. The van der Waals surface area contributed by atoms with Crippen LogP contribution in [-0.2, 0) is 11.2 Å². The molecule has 1 amide bonds. The molecule has 2 fully saturated rings. The zero-order valence-corrected chi connectivity index (χ0v) is 16.5. The van der Waals surface area contributed by atoms with Crippen molar-refractivity contribution in [2.24, 2.45) is 0 Å². The molecule has 2 aromatic rings. The second kappa shape index (κ2) is 7.86. The van der Waals surface area contributed by atoms with Crippen LogP contribution in [0.4, 0.5) is 0 Å². The molecule has 1 aromatic heterocycles. The molecule has 27 heavy (non-hydrogen) atoms. The lowest BCUT2D eigenvalue weighted by Gasteiger charge is -2.29. The van der Waals surface area contributed by atoms with Crippen molar-refractivity contribution >= 4 is 17.2 Å². The Hall–Kier alpha value is -2.12. The van der Waals surface area contributed by atoms with Gasteiger partial charge in [0.1, 0.15) is 5.01 Å². The van der Waals surface area contributed by atoms with Crippen molar-refractivity contribution < 1.29 is 14.3 Å². The Morgan fingerprint density at radius 2 is 1.96 bits per heavy atom. The predicted octanol–water partition coefficient (Wildman–Crippen LogP) is 2.77. The van der Waals surface area contributed by atoms with E-state index in [1.165, 1.54) is 24.2 Å². The van der Waals surface area contributed by atoms with Crippen molar-refractivity contribution in [3.8, 4) is 22.1 Å². The Balaban J connectivity index is 1.38. The second-order valence-corrected chi connectivity index (χ2v) is 8.12. The normalized spacial score (nSPS) is 23.9. The number of hydrogen-bond acceptors (Lipinski definition) is 6. The maximum atomic E-state index is 12.4. The number of carbonyl (C=O) groups excluding carboxylic acids is 1. The molecule has 0 saturated carbocycles. The maximum Gasteiger partial charge on any atom is 0.226 e. The summed E-state index contributed by atoms with van der Waals surface area (Å²) in [5, 5.41) is 9.63. The molecule has 7 heteroatoms. The lowest BCUT2D eigenvalue weighted by Crippen LogP contribution is -2.48. The van der Waals surface area contributed by atoms with Crippen LogP contribution >= 0.6 is 11.3 Å². The molecule has 2 atom stereocenters. The number of nitrogens with zero attached hydrogens (tertiary/aromatic N) is 1. The molecule has 2 saturated heterocycles. The van der Waals surface area contributed by atoms with Crippen LogP contribution in [0.5, 0.6) is 11.5 Å². The molecule has 0 aliphatic carbocycles. The van der Waals surface area contributed by atoms with Gasteiger partial charge in [0, 0.05) is 29.1 Å². The van der Waals surface area contributed by atoms with Gasteiger partial charge in [0.15, 0.2) is 11.5 Å². The highest BCUT2D eigenvalue weighted by atomic mass is 32.1. The minimum Gasteiger partial charge on any atom is -0.493 e. The fourth-order valence-electron chi connectivity index (χ4n) is 4.11. The van der Waals surface area contributed by atoms with Crippen LogP contribution in [0.2, 0.25) is 0 Å². The highest BCUT2D eigenvalue weighted by molar-refractivity contribution is 7.13. The average Bonchev–Trinajstić information content (AvgIpc) is 3.27. The van der Waals surface area contributed by atoms with Crippen molar-refractivity contribution in [1.29, 1.82) is 0 Å². The first-order valence-electron chi connectivity index (χ1n) is 9.37. The van der Waals surface area contributed by atoms with E-state index in [4.69, 9.17) is 9.47 Å². The number of benzene rings is 1. The van der Waals surface area contributed by atoms with Gasteiger partial charge in [-0.05, 0) is 43.9 Å². The summed E-state index contributed by atoms with van der Waals surface area (Å²) in [5.41, 5.74) is 1.76. The number of thiazole rings is 1. The molecule has 2 N–H and O–H groups in total. The van der Waals surface area contributed by atoms with Gasteiger partial charge >= 0.3 is 0 Å². The number of carbonyl (C=O) groups is 1. The van der Waals surface area contributed by atoms with Gasteiger partial charge in [-0.3, -0.25) is 4.79 Å². The van der Waals surface area contributed by atoms with Gasteiger partial charge in [-0.2, -0.15) is 0 Å². The first kappa shape index (κ1) is 18.3. The quantitative estimate of drug-likeness (QED) is 0.797. The molecule has 2 unspecified atom stereocenters. The Morgan fingerprint density at radius 1 is 1.22 bits per heavy atom. The van der Waals surface area contributed by atoms with Crippen molar-refractivity contribution in [3.63, 3.8) is 0 Å². The first-order valence-corrected chi connectivity index (χ1v) is 10.2. The standard InChI is InChI=1S/C20H25N3O3S/c1-25-17-6-3-12(7-18(17)26-2)20-23-16(11-27-20)10-19(24)22-15-8-13-4-5-14(9-15)21-13/h3,6-7,11,13-15,21H,4-5,8-10H2,1-2H3,(H,22,24). The summed E-state index contributed by atoms with van der Waals surface area (Å²) >= 11 is 1.54. The molecule has 0 radical (unpaired) electrons. The Labute approximate surface area is 163 Å². The van der Waals surface area contributed by atoms with Crippen LogP contribution in [0.1, 0.15) is 31.4 Å². The Morgan fingerprint density at radius 3 is 2.67 bits per heavy atom. The molecule has 0 spiro atoms. The van der Waals surface area contributed by atoms with Crippen molar-refractivity contribution in [2.75, 3.05) is 14.2 Å². The third-order valence-electron chi connectivity index (χ3n) is 5.36. The smallest absolute Gasteiger partial charge is 0.226 e. The number of rotatable bonds is 6. The molecule has 144 valence electrons. The molecule has 2 aliphatic heterocycles. The number of fused-ring (bicyclic) bond motifs is 2. The van der Waals surface area contributed by atoms with Crippen molar-refractivity contribution in [2.45, 2.75) is 50.2 Å². The molecular formula is C20H25N3O3S. The van der Waals surface area contributed by atoms with Crippen LogP contribution in [0, 0.1) is 0 Å². The van der Waals surface area contributed by atoms with Crippen molar-refractivity contribution in [1.82, 2.24) is 15.6 Å². The highest BCUT2D eigenvalue weighted by Crippen LogP contribution is 2.33. The van der Waals surface area contributed by atoms with E-state index in [2.05, 4.69) is 15.6 Å². The highest BCUT2D eigenvalue weighted by Gasteiger charge is 2.33. The summed E-state index contributed by atoms with van der Waals surface area (Å²) in [6.07, 6.45) is 4.87. The number of ether oxygens (including phenoxy) is 2. The molecule has 2 bridgehead atoms. The third kappa shape index (κ3) is 4.09. The average molecular weight is 388 g/mol. The van der Waals surface area contributed by atoms with Gasteiger partial charge in [-0.15, -0.1) is 11.3 Å². The number of piperidine rings is 1. The Bertz CT molecular complexity index is 811. The molecule has 3 heterocycles. The second-order valence-electron chi connectivity index (χ2n) is 7.26. The zero-order valence-electron chi connectivity index (χ0n) is 15.7. The predicted molar refractivity (Wildman–Crippen MR) is 105 cm³/mol. The number of aromatic nitrogens is 1. The number of methoxy groups -OCH3 is 2. The minimum atomic E-state index is 0.0606. The van der Waals surface area contributed by atoms with Gasteiger partial charge in [0.25, 0.3) is 0 Å². The zero-order chi connectivity index (χ0) is 18.8. The van der Waals surface area contributed by atoms with E-state index in [0.29, 0.717) is 36.0 Å². The van der Waals surface area contributed by atoms with Crippen LogP contribution in [-0.4, -0.2) is 43.2 Å². The fourth-order valence-corrected chi connectivity index (χ4v) is 4.93. The summed E-state index contributed by atoms with van der Waals surface area (Å²) in [6, 6.07) is 7.17. The number of hydrogen-bond donors (Lipinski definition) is 2. The maximum absolute atomic E-state index is 12.4. The van der Waals surface area contributed by atoms with Gasteiger partial charge in [0.05, 0.1) is 26.3 Å². The van der Waals surface area contributed by atoms with Crippen LogP contribution in [0.25, 0.3) is 10.6 Å². The van der Waals surface area contributed by atoms with E-state index >= 15 is 0 Å². The van der Waals surface area contributed by atoms with Gasteiger partial charge in [0.2, 0.25) is 5.91 Å². The van der Waals surface area contributed by atoms with Crippen molar-refractivity contribution in [3.05, 3.63) is 29.3 Å². The van der Waals surface area contributed by atoms with E-state index in [1.54, 1.807) is 14.2 Å². The number of nitrogens with one attached hydrogen (secondary N) is 2. The lowest BCUT2D eigenvalue weighted by molar-refractivity contribution is -0.121. The largest absolute Gasteiger partial charge is 0.493 e. The van der Waals surface area contributed by atoms with E-state index < -0.39 is 0 Å². The van der Waals surface area contributed by atoms with Crippen LogP contribution in [0.3, 0.4) is 0 Å². The van der Waals surface area contributed by atoms with Crippen LogP contribution < -0.4 is 20.1 Å². The lowest BCUT2D eigenvalue weighted by atomic mass is 9.99. The van der Waals surface area contributed by atoms with E-state index in [1.807, 2.05) is 23.6 Å². The summed E-state index contributed by atoms with van der Waals surface area (Å²) < 4.78 is 10.6. The molecular weight excluding hydrogens is 362 g/mol. The summed E-state index contributed by atoms with van der Waals surface area (Å²) in [4.78, 5) is 17.1. The third-order valence-corrected chi connectivity index (χ3v) is 6.30. The molecule has 2 aliphatic rings. The summed E-state index contributed by atoms with van der Waals surface area (Å²) in [5.74, 6) is 1.42. The van der Waals surface area contributed by atoms with E-state index in [0.717, 1.165) is 29.1 Å². The van der Waals surface area contributed by atoms with Crippen LogP contribution in [0.15, 0.2) is 23.6 Å². The first-order chi connectivity index (χ1) is 13.1. The van der Waals surface area contributed by atoms with Gasteiger partial charge in [-0.1, -0.05) is 0 Å². The SMILES string of the molecule is COc1ccc(-c2nc(CC(=O)NC3CC4CCC(C3)N4)cs2)cc1OC. The van der Waals surface area contributed by atoms with Gasteiger partial charge in [-0.25, -0.2) is 4.98 Å². The summed E-state index contributed by atoms with van der Waals surface area (Å²) in [7, 11) is 3.23. The van der Waals surface area contributed by atoms with Gasteiger partial charge < -0.3 is 20.1 Å². The molecule has 6 nitrogen and oxygen atoms in total. The fraction of sp³-hybridized carbons (Fsp3) is 0.500. The summed E-state index contributed by atoms with van der Waals surface area (Å²) in [6.45, 7) is 0. The topological polar surface area (TPSA) is 72.5 Å². The molecule has 4 rings (SSSR count). The Kier molecular flexibility index (Phi) is 5.31. The van der Waals surface area contributed by atoms with E-state index in [9.17, 15) is 4.79 Å². The minimum absolute atomic E-state index is 0.0606. The monoisotopic (exact) mass is 387 g/mol. The number of amides is 1.